The Balaban J connectivity index is 2.14. The lowest BCUT2D eigenvalue weighted by atomic mass is 10.0. The first-order chi connectivity index (χ1) is 7.16. The summed E-state index contributed by atoms with van der Waals surface area (Å²) in [6.07, 6.45) is 0.810. The quantitative estimate of drug-likeness (QED) is 0.599. The van der Waals surface area contributed by atoms with Crippen molar-refractivity contribution in [2.24, 2.45) is 5.16 Å². The molecule has 0 aromatic heterocycles. The largest absolute Gasteiger partial charge is 0.390 e. The second-order valence-electron chi connectivity index (χ2n) is 3.57. The summed E-state index contributed by atoms with van der Waals surface area (Å²) in [4.78, 5) is 5.27. The number of hydrogen-bond acceptors (Lipinski definition) is 2. The minimum Gasteiger partial charge on any atom is -0.390 e. The zero-order chi connectivity index (χ0) is 10.8. The summed E-state index contributed by atoms with van der Waals surface area (Å²) < 4.78 is 1.20. The molecule has 15 heavy (non-hydrogen) atoms. The minimum atomic E-state index is -0.00552. The first kappa shape index (κ1) is 11.2. The molecule has 0 radical (unpaired) electrons. The Morgan fingerprint density at radius 3 is 3.00 bits per heavy atom. The predicted octanol–water partition coefficient (Wildman–Crippen LogP) is 3.41. The third kappa shape index (κ3) is 2.64. The van der Waals surface area contributed by atoms with Gasteiger partial charge in [0.05, 0.1) is 11.1 Å². The van der Waals surface area contributed by atoms with Crippen molar-refractivity contribution in [3.8, 4) is 0 Å². The number of oxime groups is 1. The summed E-state index contributed by atoms with van der Waals surface area (Å²) in [5.74, 6) is 0. The molecule has 0 spiro atoms. The first-order valence-corrected chi connectivity index (χ1v) is 6.31. The lowest BCUT2D eigenvalue weighted by Crippen LogP contribution is -2.18. The van der Waals surface area contributed by atoms with Gasteiger partial charge in [-0.3, -0.25) is 0 Å². The third-order valence-electron chi connectivity index (χ3n) is 2.36. The Morgan fingerprint density at radius 1 is 1.60 bits per heavy atom. The molecule has 0 saturated heterocycles. The van der Waals surface area contributed by atoms with Gasteiger partial charge in [0.25, 0.3) is 0 Å². The van der Waals surface area contributed by atoms with Crippen LogP contribution in [0.2, 0.25) is 0 Å². The van der Waals surface area contributed by atoms with Gasteiger partial charge in [-0.05, 0) is 41.6 Å². The molecule has 1 aromatic carbocycles. The fourth-order valence-corrected chi connectivity index (χ4v) is 2.16. The van der Waals surface area contributed by atoms with Crippen LogP contribution in [0.15, 0.2) is 29.4 Å². The van der Waals surface area contributed by atoms with Gasteiger partial charge in [0.2, 0.25) is 0 Å². The predicted molar refractivity (Wildman–Crippen MR) is 70.5 cm³/mol. The second kappa shape index (κ2) is 4.70. The topological polar surface area (TPSA) is 21.6 Å². The van der Waals surface area contributed by atoms with Crippen molar-refractivity contribution in [3.05, 3.63) is 33.4 Å². The normalized spacial score (nSPS) is 22.1. The number of rotatable bonds is 2. The fourth-order valence-electron chi connectivity index (χ4n) is 1.48. The monoisotopic (exact) mass is 335 g/mol. The van der Waals surface area contributed by atoms with Crippen molar-refractivity contribution in [2.75, 3.05) is 0 Å². The van der Waals surface area contributed by atoms with E-state index in [1.54, 1.807) is 0 Å². The van der Waals surface area contributed by atoms with Crippen LogP contribution in [0.4, 0.5) is 0 Å². The van der Waals surface area contributed by atoms with Crippen molar-refractivity contribution >= 4 is 39.9 Å². The van der Waals surface area contributed by atoms with Crippen LogP contribution < -0.4 is 0 Å². The molecule has 0 bridgehead atoms. The summed E-state index contributed by atoms with van der Waals surface area (Å²) in [6, 6.07) is 8.23. The zero-order valence-corrected chi connectivity index (χ0v) is 11.2. The third-order valence-corrected chi connectivity index (χ3v) is 3.32. The van der Waals surface area contributed by atoms with Crippen molar-refractivity contribution in [3.63, 3.8) is 0 Å². The van der Waals surface area contributed by atoms with Crippen molar-refractivity contribution in [2.45, 2.75) is 24.8 Å². The Hall–Kier alpha value is -0.290. The van der Waals surface area contributed by atoms with E-state index in [1.165, 1.54) is 3.57 Å². The van der Waals surface area contributed by atoms with Gasteiger partial charge >= 0.3 is 0 Å². The van der Waals surface area contributed by atoms with Crippen LogP contribution in [0.5, 0.6) is 0 Å². The molecule has 2 rings (SSSR count). The molecule has 0 fully saturated rings. The number of benzene rings is 1. The van der Waals surface area contributed by atoms with Gasteiger partial charge in [-0.15, -0.1) is 11.6 Å². The maximum Gasteiger partial charge on any atom is 0.149 e. The maximum absolute atomic E-state index is 5.97. The van der Waals surface area contributed by atoms with E-state index in [2.05, 4.69) is 39.9 Å². The van der Waals surface area contributed by atoms with Crippen LogP contribution in [-0.2, 0) is 4.84 Å². The molecule has 1 aliphatic rings. The van der Waals surface area contributed by atoms with Gasteiger partial charge < -0.3 is 4.84 Å². The van der Waals surface area contributed by atoms with Crippen LogP contribution >= 0.6 is 34.2 Å². The molecule has 0 amide bonds. The molecule has 1 aliphatic heterocycles. The van der Waals surface area contributed by atoms with Crippen LogP contribution in [-0.4, -0.2) is 17.2 Å². The van der Waals surface area contributed by atoms with E-state index in [0.717, 1.165) is 17.7 Å². The van der Waals surface area contributed by atoms with Crippen LogP contribution in [0.3, 0.4) is 0 Å². The highest BCUT2D eigenvalue weighted by Crippen LogP contribution is 2.22. The smallest absolute Gasteiger partial charge is 0.149 e. The molecule has 1 aromatic rings. The molecular weight excluding hydrogens is 324 g/mol. The molecule has 4 heteroatoms. The standard InChI is InChI=1S/C11H11ClINO/c1-7(12)11-6-10(14-15-11)8-3-2-4-9(13)5-8/h2-5,7,11H,6H2,1H3. The van der Waals surface area contributed by atoms with E-state index in [0.29, 0.717) is 0 Å². The molecule has 2 atom stereocenters. The van der Waals surface area contributed by atoms with Gasteiger partial charge in [0, 0.05) is 15.6 Å². The summed E-state index contributed by atoms with van der Waals surface area (Å²) >= 11 is 8.26. The van der Waals surface area contributed by atoms with Crippen molar-refractivity contribution in [1.29, 1.82) is 0 Å². The first-order valence-electron chi connectivity index (χ1n) is 4.79. The SMILES string of the molecule is CC(Cl)C1CC(c2cccc(I)c2)=NO1. The zero-order valence-electron chi connectivity index (χ0n) is 8.28. The van der Waals surface area contributed by atoms with Crippen molar-refractivity contribution < 1.29 is 4.84 Å². The maximum atomic E-state index is 5.97. The molecule has 2 nitrogen and oxygen atoms in total. The number of hydrogen-bond donors (Lipinski definition) is 0. The molecular formula is C11H11ClINO. The fraction of sp³-hybridized carbons (Fsp3) is 0.364. The highest BCUT2D eigenvalue weighted by Gasteiger charge is 2.26. The summed E-state index contributed by atoms with van der Waals surface area (Å²) in [7, 11) is 0. The van der Waals surface area contributed by atoms with Crippen LogP contribution in [0, 0.1) is 3.57 Å². The Labute approximate surface area is 108 Å². The van der Waals surface area contributed by atoms with E-state index in [4.69, 9.17) is 16.4 Å². The molecule has 1 heterocycles. The Kier molecular flexibility index (Phi) is 3.51. The van der Waals surface area contributed by atoms with Gasteiger partial charge in [0.15, 0.2) is 0 Å². The number of alkyl halides is 1. The lowest BCUT2D eigenvalue weighted by molar-refractivity contribution is 0.0855. The highest BCUT2D eigenvalue weighted by molar-refractivity contribution is 14.1. The van der Waals surface area contributed by atoms with Crippen LogP contribution in [0.25, 0.3) is 0 Å². The van der Waals surface area contributed by atoms with Gasteiger partial charge in [-0.1, -0.05) is 17.3 Å². The second-order valence-corrected chi connectivity index (χ2v) is 5.51. The summed E-state index contributed by atoms with van der Waals surface area (Å²) in [5.41, 5.74) is 2.12. The summed E-state index contributed by atoms with van der Waals surface area (Å²) in [6.45, 7) is 1.93. The summed E-state index contributed by atoms with van der Waals surface area (Å²) in [5, 5.41) is 4.07. The van der Waals surface area contributed by atoms with Crippen LogP contribution in [0.1, 0.15) is 18.9 Å². The molecule has 2 unspecified atom stereocenters. The number of halogens is 2. The molecule has 0 saturated carbocycles. The van der Waals surface area contributed by atoms with Gasteiger partial charge in [-0.25, -0.2) is 0 Å². The molecule has 0 N–H and O–H groups in total. The van der Waals surface area contributed by atoms with Gasteiger partial charge in [0.1, 0.15) is 6.10 Å². The Morgan fingerprint density at radius 2 is 2.40 bits per heavy atom. The molecule has 80 valence electrons. The van der Waals surface area contributed by atoms with E-state index < -0.39 is 0 Å². The van der Waals surface area contributed by atoms with Crippen molar-refractivity contribution in [1.82, 2.24) is 0 Å². The van der Waals surface area contributed by atoms with E-state index in [-0.39, 0.29) is 11.5 Å². The average molecular weight is 336 g/mol. The average Bonchev–Trinajstić information content (AvgIpc) is 2.66. The van der Waals surface area contributed by atoms with E-state index in [9.17, 15) is 0 Å². The van der Waals surface area contributed by atoms with E-state index >= 15 is 0 Å². The highest BCUT2D eigenvalue weighted by atomic mass is 127. The Bertz CT molecular complexity index is 392. The van der Waals surface area contributed by atoms with Gasteiger partial charge in [-0.2, -0.15) is 0 Å². The number of nitrogens with zero attached hydrogens (tertiary/aromatic N) is 1. The van der Waals surface area contributed by atoms with E-state index in [1.807, 2.05) is 19.1 Å². The molecule has 0 aliphatic carbocycles. The lowest BCUT2D eigenvalue weighted by Gasteiger charge is -2.08. The minimum absolute atomic E-state index is 0.00552.